The molecule has 1 N–H and O–H groups in total. The average Bonchev–Trinajstić information content (AvgIpc) is 2.69. The third-order valence-corrected chi connectivity index (χ3v) is 2.56. The van der Waals surface area contributed by atoms with Crippen LogP contribution in [0.5, 0.6) is 0 Å². The van der Waals surface area contributed by atoms with E-state index in [0.29, 0.717) is 11.7 Å². The molecule has 1 amide bonds. The number of hydrogen-bond donors (Lipinski definition) is 1. The Bertz CT molecular complexity index is 309. The molecular weight excluding hydrogens is 180 g/mol. The number of carbonyl (C=O) groups is 1. The largest absolute Gasteiger partial charge is 0.336 e. The Morgan fingerprint density at radius 3 is 3.21 bits per heavy atom. The smallest absolute Gasteiger partial charge is 0.291 e. The van der Waals surface area contributed by atoms with Crippen molar-refractivity contribution in [1.82, 2.24) is 20.1 Å². The van der Waals surface area contributed by atoms with Crippen LogP contribution in [0.3, 0.4) is 0 Å². The van der Waals surface area contributed by atoms with E-state index in [1.165, 1.54) is 12.7 Å². The molecule has 76 valence electrons. The van der Waals surface area contributed by atoms with Gasteiger partial charge in [-0.1, -0.05) is 6.92 Å². The van der Waals surface area contributed by atoms with Gasteiger partial charge in [-0.2, -0.15) is 5.10 Å². The molecule has 1 saturated heterocycles. The van der Waals surface area contributed by atoms with Crippen LogP contribution in [0.2, 0.25) is 0 Å². The zero-order valence-electron chi connectivity index (χ0n) is 8.23. The minimum Gasteiger partial charge on any atom is -0.336 e. The Balaban J connectivity index is 2.04. The lowest BCUT2D eigenvalue weighted by Crippen LogP contribution is -2.39. The number of aromatic amines is 1. The monoisotopic (exact) mass is 194 g/mol. The van der Waals surface area contributed by atoms with E-state index >= 15 is 0 Å². The van der Waals surface area contributed by atoms with Crippen LogP contribution in [-0.4, -0.2) is 39.1 Å². The molecule has 1 aliphatic heterocycles. The van der Waals surface area contributed by atoms with Crippen molar-refractivity contribution in [3.8, 4) is 0 Å². The molecule has 1 aromatic heterocycles. The number of likely N-dealkylation sites (tertiary alicyclic amines) is 1. The zero-order chi connectivity index (χ0) is 9.97. The lowest BCUT2D eigenvalue weighted by Gasteiger charge is -2.30. The first-order valence-corrected chi connectivity index (χ1v) is 4.92. The lowest BCUT2D eigenvalue weighted by atomic mass is 10.0. The van der Waals surface area contributed by atoms with Crippen molar-refractivity contribution in [2.24, 2.45) is 5.92 Å². The molecule has 1 aromatic rings. The number of rotatable bonds is 1. The van der Waals surface area contributed by atoms with E-state index in [4.69, 9.17) is 0 Å². The van der Waals surface area contributed by atoms with Crippen LogP contribution < -0.4 is 0 Å². The van der Waals surface area contributed by atoms with E-state index in [1.807, 2.05) is 4.90 Å². The first kappa shape index (κ1) is 9.18. The molecule has 5 heteroatoms. The molecule has 1 unspecified atom stereocenters. The molecule has 2 heterocycles. The van der Waals surface area contributed by atoms with E-state index in [0.717, 1.165) is 19.5 Å². The van der Waals surface area contributed by atoms with Gasteiger partial charge in [0.15, 0.2) is 0 Å². The highest BCUT2D eigenvalue weighted by Crippen LogP contribution is 2.16. The molecule has 1 fully saturated rings. The van der Waals surface area contributed by atoms with Gasteiger partial charge in [0.2, 0.25) is 5.82 Å². The fourth-order valence-electron chi connectivity index (χ4n) is 1.83. The van der Waals surface area contributed by atoms with Gasteiger partial charge < -0.3 is 4.90 Å². The number of H-pyrrole nitrogens is 1. The number of nitrogens with zero attached hydrogens (tertiary/aromatic N) is 3. The molecule has 0 aliphatic carbocycles. The first-order chi connectivity index (χ1) is 6.77. The minimum atomic E-state index is -0.0333. The zero-order valence-corrected chi connectivity index (χ0v) is 8.23. The van der Waals surface area contributed by atoms with Crippen LogP contribution in [0, 0.1) is 5.92 Å². The standard InChI is InChI=1S/C9H14N4O/c1-7-3-2-4-13(5-7)9(14)8-10-6-11-12-8/h6-7H,2-5H2,1H3,(H,10,11,12). The van der Waals surface area contributed by atoms with Gasteiger partial charge in [0.05, 0.1) is 0 Å². The molecule has 0 spiro atoms. The van der Waals surface area contributed by atoms with E-state index in [2.05, 4.69) is 22.1 Å². The van der Waals surface area contributed by atoms with Gasteiger partial charge >= 0.3 is 0 Å². The maximum Gasteiger partial charge on any atom is 0.291 e. The molecule has 0 saturated carbocycles. The van der Waals surface area contributed by atoms with Gasteiger partial charge in [0.25, 0.3) is 5.91 Å². The van der Waals surface area contributed by atoms with E-state index in [-0.39, 0.29) is 5.91 Å². The lowest BCUT2D eigenvalue weighted by molar-refractivity contribution is 0.0671. The normalized spacial score (nSPS) is 22.4. The quantitative estimate of drug-likeness (QED) is 0.715. The third-order valence-electron chi connectivity index (χ3n) is 2.56. The van der Waals surface area contributed by atoms with Crippen LogP contribution >= 0.6 is 0 Å². The molecule has 5 nitrogen and oxygen atoms in total. The van der Waals surface area contributed by atoms with E-state index in [9.17, 15) is 4.79 Å². The second kappa shape index (κ2) is 3.77. The van der Waals surface area contributed by atoms with Gasteiger partial charge in [-0.25, -0.2) is 4.98 Å². The van der Waals surface area contributed by atoms with Crippen molar-refractivity contribution in [3.05, 3.63) is 12.2 Å². The first-order valence-electron chi connectivity index (χ1n) is 4.92. The summed E-state index contributed by atoms with van der Waals surface area (Å²) in [5, 5.41) is 6.27. The fraction of sp³-hybridized carbons (Fsp3) is 0.667. The van der Waals surface area contributed by atoms with Crippen molar-refractivity contribution in [3.63, 3.8) is 0 Å². The Hall–Kier alpha value is -1.39. The third kappa shape index (κ3) is 1.76. The molecule has 0 radical (unpaired) electrons. The van der Waals surface area contributed by atoms with Crippen LogP contribution in [0.25, 0.3) is 0 Å². The van der Waals surface area contributed by atoms with E-state index in [1.54, 1.807) is 0 Å². The summed E-state index contributed by atoms with van der Waals surface area (Å²) in [5.74, 6) is 0.906. The van der Waals surface area contributed by atoms with Crippen LogP contribution in [0.15, 0.2) is 6.33 Å². The van der Waals surface area contributed by atoms with Crippen LogP contribution in [0.1, 0.15) is 30.4 Å². The Kier molecular flexibility index (Phi) is 2.47. The highest BCUT2D eigenvalue weighted by atomic mass is 16.2. The van der Waals surface area contributed by atoms with Gasteiger partial charge in [-0.3, -0.25) is 9.89 Å². The Labute approximate surface area is 82.5 Å². The van der Waals surface area contributed by atoms with Crippen molar-refractivity contribution in [2.45, 2.75) is 19.8 Å². The van der Waals surface area contributed by atoms with Crippen LogP contribution in [-0.2, 0) is 0 Å². The molecule has 2 rings (SSSR count). The highest BCUT2D eigenvalue weighted by Gasteiger charge is 2.23. The summed E-state index contributed by atoms with van der Waals surface area (Å²) in [6, 6.07) is 0. The average molecular weight is 194 g/mol. The Morgan fingerprint density at radius 2 is 2.57 bits per heavy atom. The highest BCUT2D eigenvalue weighted by molar-refractivity contribution is 5.90. The van der Waals surface area contributed by atoms with Gasteiger partial charge in [-0.05, 0) is 18.8 Å². The molecule has 14 heavy (non-hydrogen) atoms. The number of hydrogen-bond acceptors (Lipinski definition) is 3. The molecular formula is C9H14N4O. The predicted octanol–water partition coefficient (Wildman–Crippen LogP) is 0.677. The number of amides is 1. The van der Waals surface area contributed by atoms with Gasteiger partial charge in [0, 0.05) is 13.1 Å². The summed E-state index contributed by atoms with van der Waals surface area (Å²) in [5.41, 5.74) is 0. The Morgan fingerprint density at radius 1 is 1.71 bits per heavy atom. The second-order valence-corrected chi connectivity index (χ2v) is 3.83. The fourth-order valence-corrected chi connectivity index (χ4v) is 1.83. The topological polar surface area (TPSA) is 61.9 Å². The maximum atomic E-state index is 11.8. The second-order valence-electron chi connectivity index (χ2n) is 3.83. The molecule has 0 aromatic carbocycles. The summed E-state index contributed by atoms with van der Waals surface area (Å²) in [7, 11) is 0. The van der Waals surface area contributed by atoms with Crippen LogP contribution in [0.4, 0.5) is 0 Å². The molecule has 1 aliphatic rings. The summed E-state index contributed by atoms with van der Waals surface area (Å²) in [4.78, 5) is 17.5. The number of carbonyl (C=O) groups excluding carboxylic acids is 1. The molecule has 0 bridgehead atoms. The number of nitrogens with one attached hydrogen (secondary N) is 1. The minimum absolute atomic E-state index is 0.0333. The summed E-state index contributed by atoms with van der Waals surface area (Å²) in [6.45, 7) is 3.84. The van der Waals surface area contributed by atoms with E-state index < -0.39 is 0 Å². The predicted molar refractivity (Wildman–Crippen MR) is 50.7 cm³/mol. The van der Waals surface area contributed by atoms with Gasteiger partial charge in [-0.15, -0.1) is 0 Å². The summed E-state index contributed by atoms with van der Waals surface area (Å²) >= 11 is 0. The maximum absolute atomic E-state index is 11.8. The van der Waals surface area contributed by atoms with Gasteiger partial charge in [0.1, 0.15) is 6.33 Å². The van der Waals surface area contributed by atoms with Crippen molar-refractivity contribution in [1.29, 1.82) is 0 Å². The van der Waals surface area contributed by atoms with Crippen molar-refractivity contribution >= 4 is 5.91 Å². The summed E-state index contributed by atoms with van der Waals surface area (Å²) in [6.07, 6.45) is 3.65. The number of aromatic nitrogens is 3. The SMILES string of the molecule is CC1CCCN(C(=O)c2ncn[nH]2)C1. The summed E-state index contributed by atoms with van der Waals surface area (Å²) < 4.78 is 0. The van der Waals surface area contributed by atoms with Crippen molar-refractivity contribution < 1.29 is 4.79 Å². The van der Waals surface area contributed by atoms with Crippen molar-refractivity contribution in [2.75, 3.05) is 13.1 Å². The molecule has 1 atom stereocenters. The number of piperidine rings is 1.